The summed E-state index contributed by atoms with van der Waals surface area (Å²) in [6.45, 7) is 0. The Morgan fingerprint density at radius 2 is 2.00 bits per heavy atom. The van der Waals surface area contributed by atoms with Crippen LogP contribution >= 0.6 is 11.6 Å². The van der Waals surface area contributed by atoms with Crippen molar-refractivity contribution in [3.05, 3.63) is 0 Å². The minimum atomic E-state index is -4.64. The molecule has 2 atom stereocenters. The van der Waals surface area contributed by atoms with Gasteiger partial charge in [-0.15, -0.1) is 11.6 Å². The van der Waals surface area contributed by atoms with Crippen molar-refractivity contribution in [3.63, 3.8) is 0 Å². The van der Waals surface area contributed by atoms with Crippen LogP contribution in [0.15, 0.2) is 0 Å². The Kier molecular flexibility index (Phi) is 3.81. The summed E-state index contributed by atoms with van der Waals surface area (Å²) in [4.78, 5) is 10.8. The standard InChI is InChI=1S/C8H10ClF4NO/c9-4-2-1-3-5(4)14-7(15)8(12,13)6(10)11/h4-6H,1-3H2,(H,14,15). The molecule has 15 heavy (non-hydrogen) atoms. The second kappa shape index (κ2) is 4.55. The topological polar surface area (TPSA) is 29.1 Å². The molecule has 1 aliphatic carbocycles. The van der Waals surface area contributed by atoms with Crippen LogP contribution in [0.3, 0.4) is 0 Å². The molecule has 0 radical (unpaired) electrons. The number of hydrogen-bond donors (Lipinski definition) is 1. The molecule has 2 nitrogen and oxygen atoms in total. The first-order chi connectivity index (χ1) is 6.85. The van der Waals surface area contributed by atoms with Crippen LogP contribution < -0.4 is 5.32 Å². The Balaban J connectivity index is 2.55. The number of carbonyl (C=O) groups excluding carboxylic acids is 1. The van der Waals surface area contributed by atoms with Crippen LogP contribution in [0.2, 0.25) is 0 Å². The number of alkyl halides is 5. The molecule has 0 aromatic heterocycles. The van der Waals surface area contributed by atoms with Crippen molar-refractivity contribution in [2.75, 3.05) is 0 Å². The number of rotatable bonds is 3. The molecule has 0 heterocycles. The predicted octanol–water partition coefficient (Wildman–Crippen LogP) is 2.16. The van der Waals surface area contributed by atoms with Crippen LogP contribution in [-0.4, -0.2) is 29.7 Å². The molecular formula is C8H10ClF4NO. The van der Waals surface area contributed by atoms with Crippen LogP contribution in [-0.2, 0) is 4.79 Å². The van der Waals surface area contributed by atoms with Gasteiger partial charge in [0, 0.05) is 6.04 Å². The van der Waals surface area contributed by atoms with Gasteiger partial charge in [-0.2, -0.15) is 8.78 Å². The van der Waals surface area contributed by atoms with Gasteiger partial charge in [-0.05, 0) is 19.3 Å². The third-order valence-corrected chi connectivity index (χ3v) is 2.85. The number of hydrogen-bond acceptors (Lipinski definition) is 1. The van der Waals surface area contributed by atoms with Crippen molar-refractivity contribution in [3.8, 4) is 0 Å². The molecule has 1 rings (SSSR count). The number of nitrogens with one attached hydrogen (secondary N) is 1. The van der Waals surface area contributed by atoms with Crippen LogP contribution in [0.4, 0.5) is 17.6 Å². The highest BCUT2D eigenvalue weighted by atomic mass is 35.5. The van der Waals surface area contributed by atoms with Crippen molar-refractivity contribution in [1.29, 1.82) is 0 Å². The highest BCUT2D eigenvalue weighted by Crippen LogP contribution is 2.27. The highest BCUT2D eigenvalue weighted by Gasteiger charge is 2.49. The highest BCUT2D eigenvalue weighted by molar-refractivity contribution is 6.21. The SMILES string of the molecule is O=C(NC1CCCC1Cl)C(F)(F)C(F)F. The Morgan fingerprint density at radius 3 is 2.40 bits per heavy atom. The molecule has 0 aromatic carbocycles. The maximum absolute atomic E-state index is 12.5. The van der Waals surface area contributed by atoms with E-state index >= 15 is 0 Å². The number of halogens is 5. The first-order valence-electron chi connectivity index (χ1n) is 4.46. The number of carbonyl (C=O) groups is 1. The minimum Gasteiger partial charge on any atom is -0.346 e. The Hall–Kier alpha value is -0.520. The average molecular weight is 248 g/mol. The van der Waals surface area contributed by atoms with E-state index in [4.69, 9.17) is 11.6 Å². The summed E-state index contributed by atoms with van der Waals surface area (Å²) >= 11 is 5.70. The monoisotopic (exact) mass is 247 g/mol. The second-order valence-electron chi connectivity index (χ2n) is 3.45. The van der Waals surface area contributed by atoms with Gasteiger partial charge in [0.15, 0.2) is 0 Å². The van der Waals surface area contributed by atoms with Gasteiger partial charge in [0.1, 0.15) is 0 Å². The largest absolute Gasteiger partial charge is 0.383 e. The van der Waals surface area contributed by atoms with Crippen molar-refractivity contribution in [2.45, 2.75) is 43.0 Å². The summed E-state index contributed by atoms with van der Waals surface area (Å²) < 4.78 is 48.6. The van der Waals surface area contributed by atoms with Crippen LogP contribution in [0, 0.1) is 0 Å². The van der Waals surface area contributed by atoms with E-state index in [1.165, 1.54) is 0 Å². The molecule has 0 aromatic rings. The van der Waals surface area contributed by atoms with Gasteiger partial charge in [-0.3, -0.25) is 4.79 Å². The van der Waals surface area contributed by atoms with E-state index in [0.717, 1.165) is 0 Å². The maximum Gasteiger partial charge on any atom is 0.383 e. The first kappa shape index (κ1) is 12.5. The zero-order valence-electron chi connectivity index (χ0n) is 7.65. The van der Waals surface area contributed by atoms with Crippen molar-refractivity contribution in [2.24, 2.45) is 0 Å². The minimum absolute atomic E-state index is 0.444. The van der Waals surface area contributed by atoms with Gasteiger partial charge >= 0.3 is 12.3 Å². The van der Waals surface area contributed by atoms with Gasteiger partial charge in [0.2, 0.25) is 0 Å². The molecule has 0 aliphatic heterocycles. The van der Waals surface area contributed by atoms with Crippen molar-refractivity contribution < 1.29 is 22.4 Å². The van der Waals surface area contributed by atoms with Crippen LogP contribution in [0.5, 0.6) is 0 Å². The van der Waals surface area contributed by atoms with E-state index in [1.807, 2.05) is 5.32 Å². The summed E-state index contributed by atoms with van der Waals surface area (Å²) in [6.07, 6.45) is -2.27. The van der Waals surface area contributed by atoms with E-state index in [0.29, 0.717) is 19.3 Å². The van der Waals surface area contributed by atoms with E-state index in [1.54, 1.807) is 0 Å². The third kappa shape index (κ3) is 2.74. The molecule has 2 unspecified atom stereocenters. The average Bonchev–Trinajstić information content (AvgIpc) is 2.51. The van der Waals surface area contributed by atoms with Gasteiger partial charge in [0.25, 0.3) is 5.91 Å². The fourth-order valence-corrected chi connectivity index (χ4v) is 1.78. The Bertz CT molecular complexity index is 249. The fraction of sp³-hybridized carbons (Fsp3) is 0.875. The normalized spacial score (nSPS) is 27.1. The zero-order chi connectivity index (χ0) is 11.6. The lowest BCUT2D eigenvalue weighted by Gasteiger charge is -2.20. The summed E-state index contributed by atoms with van der Waals surface area (Å²) in [5.41, 5.74) is 0. The quantitative estimate of drug-likeness (QED) is 0.601. The van der Waals surface area contributed by atoms with Gasteiger partial charge in [-0.25, -0.2) is 8.78 Å². The Labute approximate surface area is 89.0 Å². The molecule has 1 amide bonds. The maximum atomic E-state index is 12.5. The fourth-order valence-electron chi connectivity index (χ4n) is 1.44. The molecule has 1 saturated carbocycles. The molecule has 0 saturated heterocycles. The van der Waals surface area contributed by atoms with Gasteiger partial charge < -0.3 is 5.32 Å². The Morgan fingerprint density at radius 1 is 1.40 bits per heavy atom. The number of amides is 1. The smallest absolute Gasteiger partial charge is 0.346 e. The van der Waals surface area contributed by atoms with E-state index < -0.39 is 29.7 Å². The zero-order valence-corrected chi connectivity index (χ0v) is 8.41. The molecular weight excluding hydrogens is 238 g/mol. The third-order valence-electron chi connectivity index (χ3n) is 2.32. The summed E-state index contributed by atoms with van der Waals surface area (Å²) in [7, 11) is 0. The predicted molar refractivity (Wildman–Crippen MR) is 46.4 cm³/mol. The molecule has 1 fully saturated rings. The lowest BCUT2D eigenvalue weighted by Crippen LogP contribution is -2.50. The van der Waals surface area contributed by atoms with E-state index in [2.05, 4.69) is 0 Å². The second-order valence-corrected chi connectivity index (χ2v) is 4.01. The lowest BCUT2D eigenvalue weighted by atomic mass is 10.2. The molecule has 1 aliphatic rings. The molecule has 0 bridgehead atoms. The molecule has 88 valence electrons. The summed E-state index contributed by atoms with van der Waals surface area (Å²) in [6, 6.07) is -0.635. The van der Waals surface area contributed by atoms with E-state index in [9.17, 15) is 22.4 Å². The first-order valence-corrected chi connectivity index (χ1v) is 4.90. The molecule has 1 N–H and O–H groups in total. The van der Waals surface area contributed by atoms with Crippen molar-refractivity contribution in [1.82, 2.24) is 5.32 Å². The van der Waals surface area contributed by atoms with Crippen LogP contribution in [0.25, 0.3) is 0 Å². The van der Waals surface area contributed by atoms with E-state index in [-0.39, 0.29) is 0 Å². The summed E-state index contributed by atoms with van der Waals surface area (Å²) in [5, 5.41) is 1.39. The van der Waals surface area contributed by atoms with Crippen LogP contribution in [0.1, 0.15) is 19.3 Å². The summed E-state index contributed by atoms with van der Waals surface area (Å²) in [5.74, 6) is -6.59. The molecule has 7 heteroatoms. The van der Waals surface area contributed by atoms with Gasteiger partial charge in [-0.1, -0.05) is 0 Å². The molecule has 0 spiro atoms. The van der Waals surface area contributed by atoms with Gasteiger partial charge in [0.05, 0.1) is 5.38 Å². The lowest BCUT2D eigenvalue weighted by molar-refractivity contribution is -0.170. The van der Waals surface area contributed by atoms with Crippen molar-refractivity contribution >= 4 is 17.5 Å².